The number of carbonyl (C=O) groups is 2. The molecule has 1 aromatic rings. The number of carbonyl (C=O) groups excluding carboxylic acids is 2. The van der Waals surface area contributed by atoms with Crippen LogP contribution in [0, 0.1) is 5.41 Å². The first kappa shape index (κ1) is 15.8. The fraction of sp³-hybridized carbons (Fsp3) is 0.474. The van der Waals surface area contributed by atoms with Crippen LogP contribution in [0.4, 0.5) is 0 Å². The third-order valence-corrected chi connectivity index (χ3v) is 4.33. The van der Waals surface area contributed by atoms with E-state index in [0.29, 0.717) is 18.4 Å². The lowest BCUT2D eigenvalue weighted by Gasteiger charge is -2.28. The van der Waals surface area contributed by atoms with Crippen LogP contribution in [-0.2, 0) is 16.0 Å². The molecule has 1 aromatic carbocycles. The smallest absolute Gasteiger partial charge is 0.231 e. The van der Waals surface area contributed by atoms with Crippen LogP contribution in [0.5, 0.6) is 11.5 Å². The summed E-state index contributed by atoms with van der Waals surface area (Å²) in [5, 5.41) is 0. The van der Waals surface area contributed by atoms with Gasteiger partial charge in [-0.15, -0.1) is 0 Å². The lowest BCUT2D eigenvalue weighted by molar-refractivity contribution is -0.127. The van der Waals surface area contributed by atoms with Crippen LogP contribution in [0.25, 0.3) is 0 Å². The summed E-state index contributed by atoms with van der Waals surface area (Å²) in [5.74, 6) is 1.57. The topological polar surface area (TPSA) is 52.6 Å². The highest BCUT2D eigenvalue weighted by atomic mass is 16.7. The summed E-state index contributed by atoms with van der Waals surface area (Å²) in [5.41, 5.74) is 1.39. The van der Waals surface area contributed by atoms with Crippen LogP contribution in [0.15, 0.2) is 29.8 Å². The number of rotatable bonds is 4. The molecule has 0 amide bonds. The quantitative estimate of drug-likeness (QED) is 0.484. The average molecular weight is 314 g/mol. The fourth-order valence-corrected chi connectivity index (χ4v) is 3.15. The van der Waals surface area contributed by atoms with Crippen molar-refractivity contribution in [2.45, 2.75) is 46.0 Å². The van der Waals surface area contributed by atoms with Crippen LogP contribution < -0.4 is 9.47 Å². The van der Waals surface area contributed by atoms with E-state index >= 15 is 0 Å². The maximum absolute atomic E-state index is 12.1. The lowest BCUT2D eigenvalue weighted by Crippen LogP contribution is -2.31. The molecule has 0 aromatic heterocycles. The van der Waals surface area contributed by atoms with Gasteiger partial charge in [-0.2, -0.15) is 0 Å². The lowest BCUT2D eigenvalue weighted by atomic mass is 9.74. The molecule has 122 valence electrons. The Morgan fingerprint density at radius 3 is 2.52 bits per heavy atom. The van der Waals surface area contributed by atoms with E-state index < -0.39 is 0 Å². The van der Waals surface area contributed by atoms with E-state index in [1.807, 2.05) is 38.1 Å². The Balaban J connectivity index is 1.55. The molecule has 0 N–H and O–H groups in total. The molecule has 1 aliphatic carbocycles. The molecule has 23 heavy (non-hydrogen) atoms. The molecule has 1 fully saturated rings. The number of allylic oxidation sites excluding steroid dienone is 2. The third-order valence-electron chi connectivity index (χ3n) is 4.33. The summed E-state index contributed by atoms with van der Waals surface area (Å²) in [6.07, 6.45) is 5.27. The first-order valence-corrected chi connectivity index (χ1v) is 8.10. The van der Waals surface area contributed by atoms with Gasteiger partial charge < -0.3 is 9.47 Å². The zero-order valence-electron chi connectivity index (χ0n) is 13.7. The van der Waals surface area contributed by atoms with Crippen molar-refractivity contribution in [2.75, 3.05) is 6.79 Å². The van der Waals surface area contributed by atoms with E-state index in [2.05, 4.69) is 0 Å². The fourth-order valence-electron chi connectivity index (χ4n) is 3.15. The number of aryl methyl sites for hydroxylation is 1. The average Bonchev–Trinajstić information content (AvgIpc) is 2.92. The van der Waals surface area contributed by atoms with Gasteiger partial charge in [0.15, 0.2) is 23.1 Å². The number of ether oxygens (including phenoxy) is 2. The minimum atomic E-state index is -0.196. The van der Waals surface area contributed by atoms with Crippen LogP contribution >= 0.6 is 0 Å². The molecule has 2 aliphatic rings. The van der Waals surface area contributed by atoms with Gasteiger partial charge in [-0.1, -0.05) is 26.0 Å². The molecule has 0 atom stereocenters. The summed E-state index contributed by atoms with van der Waals surface area (Å²) in [7, 11) is 0. The number of ketones is 2. The monoisotopic (exact) mass is 314 g/mol. The minimum Gasteiger partial charge on any atom is -0.454 e. The molecule has 0 saturated heterocycles. The Bertz CT molecular complexity index is 648. The predicted molar refractivity (Wildman–Crippen MR) is 86.6 cm³/mol. The second-order valence-corrected chi connectivity index (χ2v) is 7.06. The van der Waals surface area contributed by atoms with Crippen LogP contribution in [0.1, 0.15) is 45.1 Å². The van der Waals surface area contributed by atoms with Gasteiger partial charge in [0.1, 0.15) is 0 Å². The van der Waals surface area contributed by atoms with Gasteiger partial charge in [-0.05, 0) is 42.4 Å². The number of Topliss-reactive ketones (excluding diaryl/α,β-unsaturated/α-hetero) is 2. The predicted octanol–water partition coefficient (Wildman–Crippen LogP) is 3.62. The Hall–Kier alpha value is -2.10. The van der Waals surface area contributed by atoms with E-state index in [4.69, 9.17) is 9.47 Å². The SMILES string of the molecule is CC1(C)CC(=O)C(=CCCCc2ccc3c(c2)OCO3)C(=O)C1. The molecule has 1 aliphatic heterocycles. The van der Waals surface area contributed by atoms with Crippen LogP contribution in [-0.4, -0.2) is 18.4 Å². The standard InChI is InChI=1S/C19H22O4/c1-19(2)10-15(20)14(16(21)11-19)6-4-3-5-13-7-8-17-18(9-13)23-12-22-17/h6-9H,3-5,10-12H2,1-2H3. The molecule has 3 rings (SSSR count). The molecule has 1 heterocycles. The van der Waals surface area contributed by atoms with Gasteiger partial charge >= 0.3 is 0 Å². The highest BCUT2D eigenvalue weighted by molar-refractivity contribution is 6.22. The molecule has 4 nitrogen and oxygen atoms in total. The Kier molecular flexibility index (Phi) is 4.24. The van der Waals surface area contributed by atoms with E-state index in [-0.39, 0.29) is 23.8 Å². The summed E-state index contributed by atoms with van der Waals surface area (Å²) >= 11 is 0. The normalized spacial score (nSPS) is 19.1. The zero-order valence-corrected chi connectivity index (χ0v) is 13.7. The Labute approximate surface area is 136 Å². The van der Waals surface area contributed by atoms with Crippen molar-refractivity contribution in [1.29, 1.82) is 0 Å². The van der Waals surface area contributed by atoms with Crippen molar-refractivity contribution in [2.24, 2.45) is 5.41 Å². The molecule has 1 saturated carbocycles. The summed E-state index contributed by atoms with van der Waals surface area (Å²) in [4.78, 5) is 24.2. The van der Waals surface area contributed by atoms with Crippen molar-refractivity contribution >= 4 is 11.6 Å². The summed E-state index contributed by atoms with van der Waals surface area (Å²) < 4.78 is 10.7. The minimum absolute atomic E-state index is 0.00525. The Morgan fingerprint density at radius 2 is 1.78 bits per heavy atom. The van der Waals surface area contributed by atoms with Crippen molar-refractivity contribution < 1.29 is 19.1 Å². The van der Waals surface area contributed by atoms with Gasteiger partial charge in [-0.25, -0.2) is 0 Å². The first-order chi connectivity index (χ1) is 10.9. The second kappa shape index (κ2) is 6.19. The van der Waals surface area contributed by atoms with Crippen molar-refractivity contribution in [3.63, 3.8) is 0 Å². The van der Waals surface area contributed by atoms with Crippen molar-refractivity contribution in [3.05, 3.63) is 35.4 Å². The maximum Gasteiger partial charge on any atom is 0.231 e. The van der Waals surface area contributed by atoms with Crippen molar-refractivity contribution in [3.8, 4) is 11.5 Å². The van der Waals surface area contributed by atoms with Crippen molar-refractivity contribution in [1.82, 2.24) is 0 Å². The zero-order chi connectivity index (χ0) is 16.4. The largest absolute Gasteiger partial charge is 0.454 e. The van der Waals surface area contributed by atoms with Gasteiger partial charge in [0.05, 0.1) is 5.57 Å². The van der Waals surface area contributed by atoms with Gasteiger partial charge in [0.25, 0.3) is 0 Å². The number of benzene rings is 1. The number of unbranched alkanes of at least 4 members (excludes halogenated alkanes) is 1. The summed E-state index contributed by atoms with van der Waals surface area (Å²) in [6.45, 7) is 4.23. The number of hydrogen-bond donors (Lipinski definition) is 0. The van der Waals surface area contributed by atoms with Crippen LogP contribution in [0.2, 0.25) is 0 Å². The first-order valence-electron chi connectivity index (χ1n) is 8.10. The molecule has 0 radical (unpaired) electrons. The number of hydrogen-bond acceptors (Lipinski definition) is 4. The molecule has 0 unspecified atom stereocenters. The number of fused-ring (bicyclic) bond motifs is 1. The van der Waals surface area contributed by atoms with E-state index in [1.165, 1.54) is 5.56 Å². The van der Waals surface area contributed by atoms with E-state index in [0.717, 1.165) is 30.8 Å². The third kappa shape index (κ3) is 3.63. The molecular weight excluding hydrogens is 292 g/mol. The Morgan fingerprint density at radius 1 is 1.09 bits per heavy atom. The van der Waals surface area contributed by atoms with E-state index in [9.17, 15) is 9.59 Å². The second-order valence-electron chi connectivity index (χ2n) is 7.06. The van der Waals surface area contributed by atoms with Gasteiger partial charge in [0.2, 0.25) is 6.79 Å². The van der Waals surface area contributed by atoms with Gasteiger partial charge in [0, 0.05) is 12.8 Å². The molecule has 0 bridgehead atoms. The molecule has 4 heteroatoms. The highest BCUT2D eigenvalue weighted by Gasteiger charge is 2.35. The van der Waals surface area contributed by atoms with Gasteiger partial charge in [-0.3, -0.25) is 9.59 Å². The van der Waals surface area contributed by atoms with Crippen LogP contribution in [0.3, 0.4) is 0 Å². The molecule has 0 spiro atoms. The van der Waals surface area contributed by atoms with E-state index in [1.54, 1.807) is 0 Å². The highest BCUT2D eigenvalue weighted by Crippen LogP contribution is 2.34. The summed E-state index contributed by atoms with van der Waals surface area (Å²) in [6, 6.07) is 5.95. The maximum atomic E-state index is 12.1. The molecular formula is C19H22O4.